The highest BCUT2D eigenvalue weighted by Gasteiger charge is 2.23. The van der Waals surface area contributed by atoms with Gasteiger partial charge in [-0.2, -0.15) is 0 Å². The fourth-order valence-electron chi connectivity index (χ4n) is 3.51. The van der Waals surface area contributed by atoms with Gasteiger partial charge in [0.2, 0.25) is 5.78 Å². The first-order valence-electron chi connectivity index (χ1n) is 8.57. The van der Waals surface area contributed by atoms with Crippen LogP contribution in [0.25, 0.3) is 10.9 Å². The Kier molecular flexibility index (Phi) is 4.42. The fourth-order valence-corrected chi connectivity index (χ4v) is 3.51. The quantitative estimate of drug-likeness (QED) is 0.730. The van der Waals surface area contributed by atoms with Crippen molar-refractivity contribution in [2.45, 2.75) is 13.0 Å². The van der Waals surface area contributed by atoms with Crippen LogP contribution < -0.4 is 10.1 Å². The number of Topliss-reactive ketones (excluding diaryl/α,β-unsaturated/α-hetero) is 1. The van der Waals surface area contributed by atoms with Crippen molar-refractivity contribution in [2.75, 3.05) is 19.7 Å². The molecule has 4 rings (SSSR count). The van der Waals surface area contributed by atoms with E-state index in [0.717, 1.165) is 54.8 Å². The van der Waals surface area contributed by atoms with Crippen molar-refractivity contribution in [3.63, 3.8) is 0 Å². The monoisotopic (exact) mass is 356 g/mol. The van der Waals surface area contributed by atoms with E-state index in [4.69, 9.17) is 4.74 Å². The lowest BCUT2D eigenvalue weighted by Gasteiger charge is -2.09. The Labute approximate surface area is 149 Å². The molecule has 134 valence electrons. The van der Waals surface area contributed by atoms with Gasteiger partial charge in [0.05, 0.1) is 5.56 Å². The first-order chi connectivity index (χ1) is 12.6. The minimum Gasteiger partial charge on any atom is -0.482 e. The molecule has 2 aromatic carbocycles. The predicted octanol–water partition coefficient (Wildman–Crippen LogP) is 3.33. The maximum absolute atomic E-state index is 13.7. The van der Waals surface area contributed by atoms with E-state index in [1.54, 1.807) is 0 Å². The third-order valence-corrected chi connectivity index (χ3v) is 4.66. The van der Waals surface area contributed by atoms with E-state index in [-0.39, 0.29) is 18.1 Å². The standard InChI is InChI=1S/C20H18F2N2O2/c21-13-5-6-19(15(22)11-13)26-12-18(25)20-14-3-1-2-4-16(14)24-10-9-23-8-7-17(20)24/h1-6,11,23H,7-10,12H2. The molecule has 0 radical (unpaired) electrons. The maximum Gasteiger partial charge on any atom is 0.202 e. The van der Waals surface area contributed by atoms with Crippen molar-refractivity contribution in [2.24, 2.45) is 0 Å². The van der Waals surface area contributed by atoms with Crippen LogP contribution in [0.4, 0.5) is 8.78 Å². The first-order valence-corrected chi connectivity index (χ1v) is 8.57. The van der Waals surface area contributed by atoms with Crippen LogP contribution in [-0.4, -0.2) is 30.0 Å². The molecule has 0 spiro atoms. The second-order valence-corrected chi connectivity index (χ2v) is 6.28. The summed E-state index contributed by atoms with van der Waals surface area (Å²) in [6, 6.07) is 10.8. The molecule has 6 heteroatoms. The van der Waals surface area contributed by atoms with Gasteiger partial charge >= 0.3 is 0 Å². The topological polar surface area (TPSA) is 43.3 Å². The lowest BCUT2D eigenvalue weighted by Crippen LogP contribution is -2.18. The minimum atomic E-state index is -0.817. The number of fused-ring (bicyclic) bond motifs is 3. The number of ketones is 1. The predicted molar refractivity (Wildman–Crippen MR) is 94.7 cm³/mol. The summed E-state index contributed by atoms with van der Waals surface area (Å²) in [6.07, 6.45) is 0.737. The van der Waals surface area contributed by atoms with Gasteiger partial charge in [-0.15, -0.1) is 0 Å². The highest BCUT2D eigenvalue weighted by molar-refractivity contribution is 6.10. The number of para-hydroxylation sites is 1. The van der Waals surface area contributed by atoms with Gasteiger partial charge in [0.15, 0.2) is 18.2 Å². The molecule has 1 aromatic heterocycles. The molecule has 0 bridgehead atoms. The van der Waals surface area contributed by atoms with Gasteiger partial charge in [-0.25, -0.2) is 8.78 Å². The van der Waals surface area contributed by atoms with Gasteiger partial charge in [-0.3, -0.25) is 4.79 Å². The molecule has 3 aromatic rings. The van der Waals surface area contributed by atoms with E-state index in [1.807, 2.05) is 24.3 Å². The number of ether oxygens (including phenoxy) is 1. The average Bonchev–Trinajstić information content (AvgIpc) is 2.77. The van der Waals surface area contributed by atoms with Crippen molar-refractivity contribution in [3.8, 4) is 5.75 Å². The number of carbonyl (C=O) groups is 1. The van der Waals surface area contributed by atoms with Crippen LogP contribution >= 0.6 is 0 Å². The van der Waals surface area contributed by atoms with Gasteiger partial charge in [-0.1, -0.05) is 18.2 Å². The molecule has 0 atom stereocenters. The summed E-state index contributed by atoms with van der Waals surface area (Å²) in [6.45, 7) is 2.13. The normalized spacial score (nSPS) is 14.1. The zero-order chi connectivity index (χ0) is 18.1. The summed E-state index contributed by atoms with van der Waals surface area (Å²) >= 11 is 0. The summed E-state index contributed by atoms with van der Waals surface area (Å²) in [5, 5.41) is 4.22. The average molecular weight is 356 g/mol. The Bertz CT molecular complexity index is 981. The molecule has 4 nitrogen and oxygen atoms in total. The highest BCUT2D eigenvalue weighted by Crippen LogP contribution is 2.28. The van der Waals surface area contributed by atoms with Gasteiger partial charge in [0.1, 0.15) is 5.82 Å². The summed E-state index contributed by atoms with van der Waals surface area (Å²) in [5.74, 6) is -1.84. The number of rotatable bonds is 4. The van der Waals surface area contributed by atoms with Crippen LogP contribution in [0.2, 0.25) is 0 Å². The number of halogens is 2. The third-order valence-electron chi connectivity index (χ3n) is 4.66. The molecular weight excluding hydrogens is 338 g/mol. The van der Waals surface area contributed by atoms with E-state index < -0.39 is 11.6 Å². The molecule has 1 aliphatic heterocycles. The Balaban J connectivity index is 1.67. The van der Waals surface area contributed by atoms with Crippen LogP contribution in [0.1, 0.15) is 16.1 Å². The Morgan fingerprint density at radius 3 is 2.85 bits per heavy atom. The highest BCUT2D eigenvalue weighted by atomic mass is 19.1. The van der Waals surface area contributed by atoms with E-state index in [1.165, 1.54) is 6.07 Å². The number of nitrogens with zero attached hydrogens (tertiary/aromatic N) is 1. The third kappa shape index (κ3) is 2.97. The van der Waals surface area contributed by atoms with E-state index >= 15 is 0 Å². The molecule has 0 saturated heterocycles. The molecule has 0 amide bonds. The zero-order valence-corrected chi connectivity index (χ0v) is 14.1. The fraction of sp³-hybridized carbons (Fsp3) is 0.250. The minimum absolute atomic E-state index is 0.129. The number of benzene rings is 2. The molecule has 0 saturated carbocycles. The van der Waals surface area contributed by atoms with Gasteiger partial charge in [0.25, 0.3) is 0 Å². The number of carbonyl (C=O) groups excluding carboxylic acids is 1. The van der Waals surface area contributed by atoms with Crippen LogP contribution in [0.3, 0.4) is 0 Å². The number of hydrogen-bond acceptors (Lipinski definition) is 3. The Morgan fingerprint density at radius 1 is 1.15 bits per heavy atom. The van der Waals surface area contributed by atoms with Crippen LogP contribution in [0.5, 0.6) is 5.75 Å². The van der Waals surface area contributed by atoms with E-state index in [0.29, 0.717) is 5.56 Å². The van der Waals surface area contributed by atoms with Crippen LogP contribution in [0, 0.1) is 11.6 Å². The summed E-state index contributed by atoms with van der Waals surface area (Å²) in [4.78, 5) is 12.9. The maximum atomic E-state index is 13.7. The number of hydrogen-bond donors (Lipinski definition) is 1. The molecule has 1 aliphatic rings. The van der Waals surface area contributed by atoms with Crippen LogP contribution in [-0.2, 0) is 13.0 Å². The second-order valence-electron chi connectivity index (χ2n) is 6.28. The molecular formula is C20H18F2N2O2. The summed E-state index contributed by atoms with van der Waals surface area (Å²) in [5.41, 5.74) is 2.62. The lowest BCUT2D eigenvalue weighted by molar-refractivity contribution is 0.0919. The van der Waals surface area contributed by atoms with Gasteiger partial charge in [0, 0.05) is 48.7 Å². The van der Waals surface area contributed by atoms with E-state index in [9.17, 15) is 13.6 Å². The summed E-state index contributed by atoms with van der Waals surface area (Å²) in [7, 11) is 0. The van der Waals surface area contributed by atoms with Crippen molar-refractivity contribution in [3.05, 3.63) is 65.4 Å². The van der Waals surface area contributed by atoms with Crippen molar-refractivity contribution in [1.29, 1.82) is 0 Å². The molecule has 0 unspecified atom stereocenters. The molecule has 2 heterocycles. The van der Waals surface area contributed by atoms with Crippen LogP contribution in [0.15, 0.2) is 42.5 Å². The molecule has 0 fully saturated rings. The first kappa shape index (κ1) is 16.7. The van der Waals surface area contributed by atoms with Gasteiger partial charge in [-0.05, 0) is 18.2 Å². The lowest BCUT2D eigenvalue weighted by atomic mass is 10.1. The van der Waals surface area contributed by atoms with E-state index in [2.05, 4.69) is 9.88 Å². The Hall–Kier alpha value is -2.73. The second kappa shape index (κ2) is 6.88. The molecule has 0 aliphatic carbocycles. The van der Waals surface area contributed by atoms with Crippen molar-refractivity contribution >= 4 is 16.7 Å². The SMILES string of the molecule is O=C(COc1ccc(F)cc1F)c1c2n(c3ccccc13)CCNCC2. The smallest absolute Gasteiger partial charge is 0.202 e. The Morgan fingerprint density at radius 2 is 2.00 bits per heavy atom. The zero-order valence-electron chi connectivity index (χ0n) is 14.1. The summed E-state index contributed by atoms with van der Waals surface area (Å²) < 4.78 is 34.2. The van der Waals surface area contributed by atoms with Crippen molar-refractivity contribution < 1.29 is 18.3 Å². The van der Waals surface area contributed by atoms with Crippen molar-refractivity contribution in [1.82, 2.24) is 9.88 Å². The molecule has 1 N–H and O–H groups in total. The van der Waals surface area contributed by atoms with Gasteiger partial charge < -0.3 is 14.6 Å². The largest absolute Gasteiger partial charge is 0.482 e. The molecule has 26 heavy (non-hydrogen) atoms. The number of nitrogens with one attached hydrogen (secondary N) is 1. The number of aromatic nitrogens is 1.